The summed E-state index contributed by atoms with van der Waals surface area (Å²) >= 11 is 2.30. The summed E-state index contributed by atoms with van der Waals surface area (Å²) < 4.78 is 7.94. The average molecular weight is 299 g/mol. The van der Waals surface area contributed by atoms with Crippen molar-refractivity contribution < 1.29 is 4.74 Å². The molecule has 80 valence electrons. The second-order valence-corrected chi connectivity index (χ2v) is 5.39. The van der Waals surface area contributed by atoms with Crippen LogP contribution in [0.15, 0.2) is 0 Å². The molecule has 0 aromatic carbocycles. The van der Waals surface area contributed by atoms with Crippen LogP contribution in [-0.4, -0.2) is 29.4 Å². The number of ether oxygens (including phenoxy) is 1. The molecule has 0 aliphatic carbocycles. The maximum atomic E-state index is 5.77. The molecule has 0 aromatic heterocycles. The van der Waals surface area contributed by atoms with Crippen molar-refractivity contribution in [3.63, 3.8) is 0 Å². The Hall–Kier alpha value is 0.650. The Morgan fingerprint density at radius 3 is 2.38 bits per heavy atom. The Kier molecular flexibility index (Phi) is 8.40. The zero-order chi connectivity index (χ0) is 10.3. The number of halogens is 1. The van der Waals surface area contributed by atoms with Gasteiger partial charge in [0.15, 0.2) is 0 Å². The molecule has 13 heavy (non-hydrogen) atoms. The van der Waals surface area contributed by atoms with Crippen LogP contribution in [0, 0.1) is 5.92 Å². The third-order valence-corrected chi connectivity index (χ3v) is 2.57. The van der Waals surface area contributed by atoms with E-state index in [1.807, 2.05) is 0 Å². The fraction of sp³-hybridized carbons (Fsp3) is 1.00. The molecule has 0 radical (unpaired) electrons. The molecule has 0 aromatic rings. The maximum absolute atomic E-state index is 5.77. The van der Waals surface area contributed by atoms with E-state index in [2.05, 4.69) is 53.8 Å². The van der Waals surface area contributed by atoms with Crippen molar-refractivity contribution in [2.75, 3.05) is 20.2 Å². The lowest BCUT2D eigenvalue weighted by molar-refractivity contribution is 0.0181. The predicted molar refractivity (Wildman–Crippen MR) is 66.1 cm³/mol. The second-order valence-electron chi connectivity index (χ2n) is 3.74. The molecule has 0 N–H and O–H groups in total. The van der Waals surface area contributed by atoms with Gasteiger partial charge in [0, 0.05) is 36.0 Å². The van der Waals surface area contributed by atoms with Gasteiger partial charge in [-0.2, -0.15) is 0 Å². The topological polar surface area (TPSA) is 12.5 Å². The van der Waals surface area contributed by atoms with E-state index >= 15 is 0 Å². The first-order valence-electron chi connectivity index (χ1n) is 5.06. The van der Waals surface area contributed by atoms with Gasteiger partial charge in [0.1, 0.15) is 0 Å². The summed E-state index contributed by atoms with van der Waals surface area (Å²) in [5.74, 6) is 0.641. The minimum absolute atomic E-state index is 0.444. The van der Waals surface area contributed by atoms with Gasteiger partial charge in [-0.25, -0.2) is 0 Å². The van der Waals surface area contributed by atoms with Gasteiger partial charge < -0.3 is 4.74 Å². The van der Waals surface area contributed by atoms with Gasteiger partial charge in [0.05, 0.1) is 6.10 Å². The molecule has 1 atom stereocenters. The van der Waals surface area contributed by atoms with Crippen molar-refractivity contribution in [3.05, 3.63) is 0 Å². The molecule has 0 amide bonds. The largest absolute Gasteiger partial charge is 0.378 e. The quantitative estimate of drug-likeness (QED) is 0.407. The van der Waals surface area contributed by atoms with Crippen LogP contribution in [0.3, 0.4) is 0 Å². The predicted octanol–water partition coefficient (Wildman–Crippen LogP) is 3.11. The van der Waals surface area contributed by atoms with E-state index in [1.165, 1.54) is 0 Å². The van der Waals surface area contributed by atoms with Gasteiger partial charge in [-0.05, 0) is 25.8 Å². The summed E-state index contributed by atoms with van der Waals surface area (Å²) in [5.41, 5.74) is 0. The van der Waals surface area contributed by atoms with E-state index in [1.54, 1.807) is 0 Å². The van der Waals surface area contributed by atoms with E-state index in [-0.39, 0.29) is 0 Å². The summed E-state index contributed by atoms with van der Waals surface area (Å²) in [6.07, 6.45) is 2.69. The number of nitrogens with zero attached hydrogens (tertiary/aromatic N) is 1. The minimum Gasteiger partial charge on any atom is -0.378 e. The van der Waals surface area contributed by atoms with E-state index in [9.17, 15) is 0 Å². The molecule has 2 nitrogen and oxygen atoms in total. The second kappa shape index (κ2) is 8.00. The third kappa shape index (κ3) is 7.70. The SMILES string of the molecule is CCC(OCCCN(C)I)C(C)C. The lowest BCUT2D eigenvalue weighted by Gasteiger charge is -2.20. The van der Waals surface area contributed by atoms with Crippen LogP contribution in [0.4, 0.5) is 0 Å². The van der Waals surface area contributed by atoms with Crippen molar-refractivity contribution in [1.82, 2.24) is 3.11 Å². The molecule has 0 aliphatic heterocycles. The average Bonchev–Trinajstić information content (AvgIpc) is 2.03. The van der Waals surface area contributed by atoms with Crippen LogP contribution >= 0.6 is 22.9 Å². The molecular formula is C10H22INO. The van der Waals surface area contributed by atoms with Gasteiger partial charge >= 0.3 is 0 Å². The molecule has 0 bridgehead atoms. The first kappa shape index (κ1) is 13.7. The highest BCUT2D eigenvalue weighted by Gasteiger charge is 2.10. The number of hydrogen-bond acceptors (Lipinski definition) is 2. The highest BCUT2D eigenvalue weighted by Crippen LogP contribution is 2.10. The molecule has 0 heterocycles. The van der Waals surface area contributed by atoms with Crippen molar-refractivity contribution in [1.29, 1.82) is 0 Å². The Morgan fingerprint density at radius 2 is 2.00 bits per heavy atom. The van der Waals surface area contributed by atoms with Crippen LogP contribution in [0.2, 0.25) is 0 Å². The minimum atomic E-state index is 0.444. The lowest BCUT2D eigenvalue weighted by Crippen LogP contribution is -2.20. The Bertz CT molecular complexity index is 117. The summed E-state index contributed by atoms with van der Waals surface area (Å²) in [4.78, 5) is 0. The zero-order valence-electron chi connectivity index (χ0n) is 9.22. The van der Waals surface area contributed by atoms with Crippen molar-refractivity contribution in [2.24, 2.45) is 5.92 Å². The summed E-state index contributed by atoms with van der Waals surface area (Å²) in [6, 6.07) is 0. The molecule has 0 fully saturated rings. The van der Waals surface area contributed by atoms with E-state index in [0.717, 1.165) is 26.0 Å². The monoisotopic (exact) mass is 299 g/mol. The fourth-order valence-corrected chi connectivity index (χ4v) is 1.64. The highest BCUT2D eigenvalue weighted by atomic mass is 127. The summed E-state index contributed by atoms with van der Waals surface area (Å²) in [6.45, 7) is 8.63. The lowest BCUT2D eigenvalue weighted by atomic mass is 10.1. The zero-order valence-corrected chi connectivity index (χ0v) is 11.4. The summed E-state index contributed by atoms with van der Waals surface area (Å²) in [7, 11) is 2.08. The van der Waals surface area contributed by atoms with Crippen LogP contribution in [-0.2, 0) is 4.74 Å². The smallest absolute Gasteiger partial charge is 0.0595 e. The van der Waals surface area contributed by atoms with Gasteiger partial charge in [0.2, 0.25) is 0 Å². The van der Waals surface area contributed by atoms with Gasteiger partial charge in [-0.1, -0.05) is 20.8 Å². The standard InChI is InChI=1S/C10H22INO/c1-5-10(9(2)3)13-8-6-7-12(4)11/h9-10H,5-8H2,1-4H3. The Labute approximate surface area is 96.5 Å². The normalized spacial score (nSPS) is 14.1. The molecular weight excluding hydrogens is 277 g/mol. The molecule has 0 aliphatic rings. The van der Waals surface area contributed by atoms with Crippen LogP contribution in [0.1, 0.15) is 33.6 Å². The third-order valence-electron chi connectivity index (χ3n) is 2.09. The maximum Gasteiger partial charge on any atom is 0.0595 e. The van der Waals surface area contributed by atoms with Gasteiger partial charge in [0.25, 0.3) is 0 Å². The van der Waals surface area contributed by atoms with Gasteiger partial charge in [-0.15, -0.1) is 0 Å². The van der Waals surface area contributed by atoms with E-state index in [0.29, 0.717) is 12.0 Å². The van der Waals surface area contributed by atoms with Crippen molar-refractivity contribution >= 4 is 22.9 Å². The van der Waals surface area contributed by atoms with Crippen LogP contribution in [0.25, 0.3) is 0 Å². The molecule has 0 saturated carbocycles. The van der Waals surface area contributed by atoms with E-state index < -0.39 is 0 Å². The van der Waals surface area contributed by atoms with Gasteiger partial charge in [-0.3, -0.25) is 3.11 Å². The number of hydrogen-bond donors (Lipinski definition) is 0. The highest BCUT2D eigenvalue weighted by molar-refractivity contribution is 14.1. The molecule has 1 unspecified atom stereocenters. The van der Waals surface area contributed by atoms with Crippen LogP contribution < -0.4 is 0 Å². The Balaban J connectivity index is 3.39. The van der Waals surface area contributed by atoms with Crippen molar-refractivity contribution in [2.45, 2.75) is 39.7 Å². The summed E-state index contributed by atoms with van der Waals surface area (Å²) in [5, 5.41) is 0. The molecule has 0 spiro atoms. The first-order valence-corrected chi connectivity index (χ1v) is 6.03. The molecule has 3 heteroatoms. The van der Waals surface area contributed by atoms with Crippen molar-refractivity contribution in [3.8, 4) is 0 Å². The molecule has 0 rings (SSSR count). The molecule has 0 saturated heterocycles. The number of rotatable bonds is 7. The van der Waals surface area contributed by atoms with Crippen LogP contribution in [0.5, 0.6) is 0 Å². The van der Waals surface area contributed by atoms with E-state index in [4.69, 9.17) is 4.74 Å². The Morgan fingerprint density at radius 1 is 1.38 bits per heavy atom. The fourth-order valence-electron chi connectivity index (χ4n) is 1.30. The first-order chi connectivity index (χ1) is 6.07.